The second-order valence-electron chi connectivity index (χ2n) is 1.79. The molecule has 0 spiro atoms. The molecule has 0 unspecified atom stereocenters. The monoisotopic (exact) mass is 162 g/mol. The molecule has 0 aliphatic carbocycles. The third-order valence-electron chi connectivity index (χ3n) is 1.15. The van der Waals surface area contributed by atoms with Crippen molar-refractivity contribution in [3.05, 3.63) is 16.7 Å². The van der Waals surface area contributed by atoms with E-state index >= 15 is 0 Å². The van der Waals surface area contributed by atoms with Crippen LogP contribution in [0, 0.1) is 0 Å². The maximum atomic E-state index is 10.7. The largest absolute Gasteiger partial charge is 0.493 e. The van der Waals surface area contributed by atoms with Crippen molar-refractivity contribution < 1.29 is 5.11 Å². The van der Waals surface area contributed by atoms with Crippen LogP contribution >= 0.6 is 11.6 Å². The first-order chi connectivity index (χ1) is 4.75. The lowest BCUT2D eigenvalue weighted by atomic mass is 10.7. The summed E-state index contributed by atoms with van der Waals surface area (Å²) in [5, 5.41) is 8.94. The van der Waals surface area contributed by atoms with Crippen molar-refractivity contribution >= 4 is 11.6 Å². The number of hydrogen-bond acceptors (Lipinski definition) is 2. The second kappa shape index (κ2) is 2.79. The number of imidazole rings is 1. The minimum atomic E-state index is -0.335. The Hall–Kier alpha value is -0.900. The summed E-state index contributed by atoms with van der Waals surface area (Å²) in [6, 6.07) is 0. The highest BCUT2D eigenvalue weighted by Gasteiger charge is 2.00. The second-order valence-corrected chi connectivity index (χ2v) is 2.17. The normalized spacial score (nSPS) is 10.1. The van der Waals surface area contributed by atoms with E-state index in [0.717, 1.165) is 4.57 Å². The molecular weight excluding hydrogens is 156 g/mol. The lowest BCUT2D eigenvalue weighted by Crippen LogP contribution is -2.17. The van der Waals surface area contributed by atoms with E-state index < -0.39 is 0 Å². The number of halogens is 1. The van der Waals surface area contributed by atoms with Crippen LogP contribution in [0.5, 0.6) is 5.88 Å². The molecule has 0 aliphatic heterocycles. The van der Waals surface area contributed by atoms with Gasteiger partial charge in [0.05, 0.1) is 6.20 Å². The zero-order valence-corrected chi connectivity index (χ0v) is 5.93. The number of aromatic hydroxyl groups is 1. The maximum Gasteiger partial charge on any atom is 0.328 e. The van der Waals surface area contributed by atoms with Gasteiger partial charge >= 0.3 is 5.69 Å². The predicted octanol–water partition coefficient (Wildman–Crippen LogP) is 0.121. The van der Waals surface area contributed by atoms with Gasteiger partial charge in [0, 0.05) is 12.4 Å². The molecule has 0 saturated carbocycles. The van der Waals surface area contributed by atoms with E-state index in [1.54, 1.807) is 0 Å². The highest BCUT2D eigenvalue weighted by molar-refractivity contribution is 6.17. The molecule has 0 aliphatic rings. The molecule has 0 amide bonds. The summed E-state index contributed by atoms with van der Waals surface area (Å²) in [5.41, 5.74) is -0.335. The number of nitrogens with one attached hydrogen (secondary N) is 1. The van der Waals surface area contributed by atoms with E-state index in [1.165, 1.54) is 6.20 Å². The summed E-state index contributed by atoms with van der Waals surface area (Å²) < 4.78 is 1.16. The van der Waals surface area contributed by atoms with Crippen LogP contribution in [0.1, 0.15) is 0 Å². The van der Waals surface area contributed by atoms with Crippen LogP contribution < -0.4 is 5.69 Å². The van der Waals surface area contributed by atoms with Crippen molar-refractivity contribution in [2.75, 3.05) is 5.88 Å². The van der Waals surface area contributed by atoms with Gasteiger partial charge in [-0.05, 0) is 0 Å². The first-order valence-corrected chi connectivity index (χ1v) is 3.32. The minimum Gasteiger partial charge on any atom is -0.493 e. The van der Waals surface area contributed by atoms with Gasteiger partial charge in [-0.25, -0.2) is 4.79 Å². The Kier molecular flexibility index (Phi) is 2.01. The fraction of sp³-hybridized carbons (Fsp3) is 0.400. The van der Waals surface area contributed by atoms with E-state index in [0.29, 0.717) is 12.4 Å². The van der Waals surface area contributed by atoms with Crippen molar-refractivity contribution in [1.82, 2.24) is 9.55 Å². The van der Waals surface area contributed by atoms with Crippen molar-refractivity contribution in [3.63, 3.8) is 0 Å². The molecule has 1 aromatic rings. The number of H-pyrrole nitrogens is 1. The van der Waals surface area contributed by atoms with Crippen molar-refractivity contribution in [2.45, 2.75) is 6.54 Å². The summed E-state index contributed by atoms with van der Waals surface area (Å²) in [7, 11) is 0. The quantitative estimate of drug-likeness (QED) is 0.607. The third kappa shape index (κ3) is 1.16. The zero-order chi connectivity index (χ0) is 7.56. The molecule has 10 heavy (non-hydrogen) atoms. The maximum absolute atomic E-state index is 10.7. The fourth-order valence-electron chi connectivity index (χ4n) is 0.687. The minimum absolute atomic E-state index is 0.0781. The van der Waals surface area contributed by atoms with Gasteiger partial charge in [0.25, 0.3) is 0 Å². The molecule has 5 heteroatoms. The molecule has 1 heterocycles. The summed E-state index contributed by atoms with van der Waals surface area (Å²) in [5.74, 6) is 0.233. The number of aromatic amines is 1. The van der Waals surface area contributed by atoms with Crippen LogP contribution in [0.25, 0.3) is 0 Å². The molecule has 56 valence electrons. The molecule has 0 fully saturated rings. The van der Waals surface area contributed by atoms with E-state index in [1.807, 2.05) is 0 Å². The van der Waals surface area contributed by atoms with Gasteiger partial charge < -0.3 is 10.1 Å². The fourth-order valence-corrected chi connectivity index (χ4v) is 0.856. The van der Waals surface area contributed by atoms with E-state index in [-0.39, 0.29) is 11.6 Å². The molecule has 0 atom stereocenters. The standard InChI is InChI=1S/C5H7ClN2O2/c6-1-2-8-4(9)3-7-5(8)10/h3,9H,1-2H2,(H,7,10). The molecule has 1 aromatic heterocycles. The summed E-state index contributed by atoms with van der Waals surface area (Å²) in [4.78, 5) is 13.0. The Balaban J connectivity index is 2.99. The third-order valence-corrected chi connectivity index (χ3v) is 1.32. The van der Waals surface area contributed by atoms with Crippen LogP contribution in [0.2, 0.25) is 0 Å². The predicted molar refractivity (Wildman–Crippen MR) is 37.4 cm³/mol. The Morgan fingerprint density at radius 1 is 1.80 bits per heavy atom. The van der Waals surface area contributed by atoms with Gasteiger partial charge in [0.1, 0.15) is 0 Å². The molecule has 0 bridgehead atoms. The lowest BCUT2D eigenvalue weighted by Gasteiger charge is -1.95. The van der Waals surface area contributed by atoms with Gasteiger partial charge in [-0.3, -0.25) is 4.57 Å². The lowest BCUT2D eigenvalue weighted by molar-refractivity contribution is 0.419. The van der Waals surface area contributed by atoms with Gasteiger partial charge in [0.2, 0.25) is 5.88 Å². The van der Waals surface area contributed by atoms with E-state index in [2.05, 4.69) is 4.98 Å². The Morgan fingerprint density at radius 3 is 2.90 bits per heavy atom. The number of nitrogens with zero attached hydrogens (tertiary/aromatic N) is 1. The van der Waals surface area contributed by atoms with E-state index in [4.69, 9.17) is 16.7 Å². The van der Waals surface area contributed by atoms with Crippen molar-refractivity contribution in [3.8, 4) is 5.88 Å². The van der Waals surface area contributed by atoms with Crippen LogP contribution in [0.15, 0.2) is 11.0 Å². The molecule has 4 nitrogen and oxygen atoms in total. The number of alkyl halides is 1. The number of hydrogen-bond donors (Lipinski definition) is 2. The van der Waals surface area contributed by atoms with Crippen molar-refractivity contribution in [2.24, 2.45) is 0 Å². The van der Waals surface area contributed by atoms with Crippen LogP contribution in [0.3, 0.4) is 0 Å². The molecule has 0 radical (unpaired) electrons. The van der Waals surface area contributed by atoms with Crippen molar-refractivity contribution in [1.29, 1.82) is 0 Å². The Labute approximate surface area is 62.1 Å². The van der Waals surface area contributed by atoms with Crippen LogP contribution in [-0.4, -0.2) is 20.5 Å². The summed E-state index contributed by atoms with van der Waals surface area (Å²) in [6.45, 7) is 0.329. The smallest absolute Gasteiger partial charge is 0.328 e. The zero-order valence-electron chi connectivity index (χ0n) is 5.17. The molecule has 0 aromatic carbocycles. The number of rotatable bonds is 2. The number of aromatic nitrogens is 2. The highest BCUT2D eigenvalue weighted by atomic mass is 35.5. The van der Waals surface area contributed by atoms with Crippen LogP contribution in [0.4, 0.5) is 0 Å². The molecule has 0 saturated heterocycles. The summed E-state index contributed by atoms with van der Waals surface area (Å²) in [6.07, 6.45) is 1.23. The topological polar surface area (TPSA) is 58.0 Å². The molecular formula is C5H7ClN2O2. The first kappa shape index (κ1) is 7.21. The SMILES string of the molecule is O=c1[nH]cc(O)n1CCCl. The first-order valence-electron chi connectivity index (χ1n) is 2.79. The highest BCUT2D eigenvalue weighted by Crippen LogP contribution is 2.01. The van der Waals surface area contributed by atoms with Gasteiger partial charge in [0.15, 0.2) is 0 Å². The average Bonchev–Trinajstić information content (AvgIpc) is 2.20. The van der Waals surface area contributed by atoms with Gasteiger partial charge in [-0.1, -0.05) is 0 Å². The Bertz CT molecular complexity index is 265. The summed E-state index contributed by atoms with van der Waals surface area (Å²) >= 11 is 5.35. The molecule has 1 rings (SSSR count). The van der Waals surface area contributed by atoms with Gasteiger partial charge in [-0.15, -0.1) is 11.6 Å². The Morgan fingerprint density at radius 2 is 2.50 bits per heavy atom. The average molecular weight is 163 g/mol. The van der Waals surface area contributed by atoms with Gasteiger partial charge in [-0.2, -0.15) is 0 Å². The van der Waals surface area contributed by atoms with E-state index in [9.17, 15) is 4.79 Å². The molecule has 2 N–H and O–H groups in total. The van der Waals surface area contributed by atoms with Crippen LogP contribution in [-0.2, 0) is 6.54 Å².